The number of carboxylic acid groups (broad SMARTS) is 1. The van der Waals surface area contributed by atoms with Crippen LogP contribution in [0.4, 0.5) is 0 Å². The Morgan fingerprint density at radius 2 is 2.21 bits per heavy atom. The Morgan fingerprint density at radius 1 is 1.57 bits per heavy atom. The third-order valence-corrected chi connectivity index (χ3v) is 2.54. The van der Waals surface area contributed by atoms with Crippen LogP contribution in [0.3, 0.4) is 0 Å². The molecule has 0 aromatic heterocycles. The number of carbonyl (C=O) groups is 1. The van der Waals surface area contributed by atoms with Gasteiger partial charge in [0.2, 0.25) is 0 Å². The molecule has 0 saturated heterocycles. The Kier molecular flexibility index (Phi) is 4.15. The Bertz CT molecular complexity index is 336. The van der Waals surface area contributed by atoms with E-state index in [2.05, 4.69) is 22.6 Å². The van der Waals surface area contributed by atoms with E-state index >= 15 is 0 Å². The van der Waals surface area contributed by atoms with Crippen LogP contribution in [-0.2, 0) is 11.2 Å². The van der Waals surface area contributed by atoms with Crippen LogP contribution in [0.1, 0.15) is 5.56 Å². The van der Waals surface area contributed by atoms with Crippen molar-refractivity contribution in [1.82, 2.24) is 0 Å². The zero-order valence-electron chi connectivity index (χ0n) is 7.21. The summed E-state index contributed by atoms with van der Waals surface area (Å²) in [4.78, 5) is 10.5. The van der Waals surface area contributed by atoms with Crippen molar-refractivity contribution in [2.24, 2.45) is 5.73 Å². The molecule has 3 N–H and O–H groups in total. The van der Waals surface area contributed by atoms with Crippen molar-refractivity contribution < 1.29 is 9.90 Å². The molecule has 1 rings (SSSR count). The average molecular weight is 326 g/mol. The van der Waals surface area contributed by atoms with Crippen LogP contribution in [0.15, 0.2) is 18.2 Å². The number of hydrogen-bond acceptors (Lipinski definition) is 2. The van der Waals surface area contributed by atoms with E-state index in [0.29, 0.717) is 11.4 Å². The molecule has 0 aliphatic rings. The number of carboxylic acids is 1. The highest BCUT2D eigenvalue weighted by Gasteiger charge is 2.12. The van der Waals surface area contributed by atoms with Crippen molar-refractivity contribution in [1.29, 1.82) is 0 Å². The van der Waals surface area contributed by atoms with Crippen LogP contribution in [0.25, 0.3) is 0 Å². The van der Waals surface area contributed by atoms with Gasteiger partial charge in [0, 0.05) is 8.59 Å². The number of halogens is 2. The van der Waals surface area contributed by atoms with Crippen LogP contribution in [0.2, 0.25) is 5.02 Å². The second-order valence-electron chi connectivity index (χ2n) is 2.93. The average Bonchev–Trinajstić information content (AvgIpc) is 2.01. The maximum absolute atomic E-state index is 10.5. The van der Waals surface area contributed by atoms with E-state index in [1.54, 1.807) is 12.1 Å². The van der Waals surface area contributed by atoms with Gasteiger partial charge in [-0.05, 0) is 52.8 Å². The molecular weight excluding hydrogens is 316 g/mol. The van der Waals surface area contributed by atoms with Gasteiger partial charge in [-0.2, -0.15) is 0 Å². The minimum Gasteiger partial charge on any atom is -0.480 e. The SMILES string of the molecule is N[C@H](Cc1cc(Cl)cc(I)c1)C(=O)O. The first kappa shape index (κ1) is 11.7. The first-order valence-electron chi connectivity index (χ1n) is 3.92. The number of benzene rings is 1. The highest BCUT2D eigenvalue weighted by molar-refractivity contribution is 14.1. The molecule has 0 aliphatic carbocycles. The molecule has 0 aliphatic heterocycles. The van der Waals surface area contributed by atoms with Gasteiger partial charge in [0.15, 0.2) is 0 Å². The monoisotopic (exact) mass is 325 g/mol. The molecular formula is C9H9ClINO2. The predicted molar refractivity (Wildman–Crippen MR) is 63.5 cm³/mol. The van der Waals surface area contributed by atoms with Gasteiger partial charge in [0.25, 0.3) is 0 Å². The Morgan fingerprint density at radius 3 is 2.71 bits per heavy atom. The van der Waals surface area contributed by atoms with Gasteiger partial charge in [-0.25, -0.2) is 0 Å². The number of rotatable bonds is 3. The molecule has 0 heterocycles. The topological polar surface area (TPSA) is 63.3 Å². The molecule has 1 aromatic carbocycles. The molecule has 3 nitrogen and oxygen atoms in total. The molecule has 1 atom stereocenters. The van der Waals surface area contributed by atoms with Crippen LogP contribution < -0.4 is 5.73 Å². The fraction of sp³-hybridized carbons (Fsp3) is 0.222. The van der Waals surface area contributed by atoms with E-state index in [4.69, 9.17) is 22.4 Å². The van der Waals surface area contributed by atoms with Crippen molar-refractivity contribution >= 4 is 40.2 Å². The number of nitrogens with two attached hydrogens (primary N) is 1. The fourth-order valence-electron chi connectivity index (χ4n) is 1.07. The molecule has 14 heavy (non-hydrogen) atoms. The van der Waals surface area contributed by atoms with Gasteiger partial charge in [0.05, 0.1) is 0 Å². The van der Waals surface area contributed by atoms with Gasteiger partial charge >= 0.3 is 5.97 Å². The second-order valence-corrected chi connectivity index (χ2v) is 4.61. The smallest absolute Gasteiger partial charge is 0.320 e. The molecule has 5 heteroatoms. The van der Waals surface area contributed by atoms with Gasteiger partial charge in [-0.15, -0.1) is 0 Å². The zero-order chi connectivity index (χ0) is 10.7. The normalized spacial score (nSPS) is 12.5. The molecule has 0 amide bonds. The minimum absolute atomic E-state index is 0.298. The van der Waals surface area contributed by atoms with E-state index in [0.717, 1.165) is 9.13 Å². The van der Waals surface area contributed by atoms with Crippen molar-refractivity contribution in [3.05, 3.63) is 32.4 Å². The van der Waals surface area contributed by atoms with Gasteiger partial charge in [-0.1, -0.05) is 11.6 Å². The highest BCUT2D eigenvalue weighted by Crippen LogP contribution is 2.17. The van der Waals surface area contributed by atoms with Gasteiger partial charge < -0.3 is 10.8 Å². The Balaban J connectivity index is 2.81. The first-order valence-corrected chi connectivity index (χ1v) is 5.38. The summed E-state index contributed by atoms with van der Waals surface area (Å²) in [7, 11) is 0. The van der Waals surface area contributed by atoms with E-state index in [1.807, 2.05) is 6.07 Å². The lowest BCUT2D eigenvalue weighted by Crippen LogP contribution is -2.32. The van der Waals surface area contributed by atoms with Crippen LogP contribution in [0.5, 0.6) is 0 Å². The van der Waals surface area contributed by atoms with Gasteiger partial charge in [-0.3, -0.25) is 4.79 Å². The van der Waals surface area contributed by atoms with Crippen molar-refractivity contribution in [3.8, 4) is 0 Å². The summed E-state index contributed by atoms with van der Waals surface area (Å²) in [6.07, 6.45) is 0.298. The quantitative estimate of drug-likeness (QED) is 0.834. The molecule has 0 spiro atoms. The molecule has 0 radical (unpaired) electrons. The Hall–Kier alpha value is -0.330. The van der Waals surface area contributed by atoms with Crippen LogP contribution >= 0.6 is 34.2 Å². The predicted octanol–water partition coefficient (Wildman–Crippen LogP) is 1.90. The summed E-state index contributed by atoms with van der Waals surface area (Å²) >= 11 is 7.94. The maximum Gasteiger partial charge on any atom is 0.320 e. The number of hydrogen-bond donors (Lipinski definition) is 2. The minimum atomic E-state index is -1.00. The molecule has 0 unspecified atom stereocenters. The summed E-state index contributed by atoms with van der Waals surface area (Å²) in [6, 6.07) is 4.53. The van der Waals surface area contributed by atoms with E-state index in [9.17, 15) is 4.79 Å². The van der Waals surface area contributed by atoms with Gasteiger partial charge in [0.1, 0.15) is 6.04 Å². The van der Waals surface area contributed by atoms with Crippen LogP contribution in [0, 0.1) is 3.57 Å². The van der Waals surface area contributed by atoms with E-state index in [-0.39, 0.29) is 0 Å². The lowest BCUT2D eigenvalue weighted by Gasteiger charge is -2.07. The van der Waals surface area contributed by atoms with E-state index < -0.39 is 12.0 Å². The highest BCUT2D eigenvalue weighted by atomic mass is 127. The molecule has 76 valence electrons. The lowest BCUT2D eigenvalue weighted by atomic mass is 10.1. The molecule has 0 bridgehead atoms. The van der Waals surface area contributed by atoms with E-state index in [1.165, 1.54) is 0 Å². The fourth-order valence-corrected chi connectivity index (χ4v) is 2.25. The van der Waals surface area contributed by atoms with Crippen molar-refractivity contribution in [3.63, 3.8) is 0 Å². The Labute approximate surface area is 100 Å². The maximum atomic E-state index is 10.5. The summed E-state index contributed by atoms with van der Waals surface area (Å²) in [5.41, 5.74) is 6.25. The summed E-state index contributed by atoms with van der Waals surface area (Å²) in [5.74, 6) is -1.00. The van der Waals surface area contributed by atoms with Crippen molar-refractivity contribution in [2.45, 2.75) is 12.5 Å². The van der Waals surface area contributed by atoms with Crippen LogP contribution in [-0.4, -0.2) is 17.1 Å². The standard InChI is InChI=1S/C9H9ClINO2/c10-6-1-5(2-7(11)4-6)3-8(12)9(13)14/h1-2,4,8H,3,12H2,(H,13,14)/t8-/m1/s1. The third-order valence-electron chi connectivity index (χ3n) is 1.70. The lowest BCUT2D eigenvalue weighted by molar-refractivity contribution is -0.138. The third kappa shape index (κ3) is 3.43. The second kappa shape index (κ2) is 4.95. The largest absolute Gasteiger partial charge is 0.480 e. The summed E-state index contributed by atoms with van der Waals surface area (Å²) in [5, 5.41) is 9.22. The zero-order valence-corrected chi connectivity index (χ0v) is 10.1. The molecule has 0 saturated carbocycles. The van der Waals surface area contributed by atoms with Crippen molar-refractivity contribution in [2.75, 3.05) is 0 Å². The summed E-state index contributed by atoms with van der Waals surface area (Å²) < 4.78 is 0.975. The molecule has 0 fully saturated rings. The number of aliphatic carboxylic acids is 1. The first-order chi connectivity index (χ1) is 6.49. The summed E-state index contributed by atoms with van der Waals surface area (Å²) in [6.45, 7) is 0. The molecule has 1 aromatic rings.